The van der Waals surface area contributed by atoms with Crippen LogP contribution in [0.5, 0.6) is 0 Å². The summed E-state index contributed by atoms with van der Waals surface area (Å²) in [5.41, 5.74) is 5.05. The molecule has 2 N–H and O–H groups in total. The van der Waals surface area contributed by atoms with Crippen LogP contribution in [0.4, 0.5) is 5.82 Å². The van der Waals surface area contributed by atoms with Gasteiger partial charge in [0, 0.05) is 5.56 Å². The van der Waals surface area contributed by atoms with Crippen molar-refractivity contribution in [1.82, 2.24) is 9.78 Å². The third-order valence-corrected chi connectivity index (χ3v) is 4.93. The van der Waals surface area contributed by atoms with E-state index in [9.17, 15) is 10.1 Å². The highest BCUT2D eigenvalue weighted by molar-refractivity contribution is 6.68. The molecule has 134 valence electrons. The Kier molecular flexibility index (Phi) is 6.42. The van der Waals surface area contributed by atoms with Crippen LogP contribution < -0.4 is 5.73 Å². The maximum absolute atomic E-state index is 11.7. The van der Waals surface area contributed by atoms with E-state index in [4.69, 9.17) is 65.4 Å². The summed E-state index contributed by atoms with van der Waals surface area (Å²) in [5.74, 6) is -1.12. The number of hydrogen-bond donors (Lipinski definition) is 1. The van der Waals surface area contributed by atoms with Gasteiger partial charge in [0.2, 0.25) is 0 Å². The molecule has 1 aromatic carbocycles. The number of benzene rings is 1. The summed E-state index contributed by atoms with van der Waals surface area (Å²) in [6.07, 6.45) is 0. The second kappa shape index (κ2) is 8.05. The number of rotatable bonds is 6. The second-order valence-corrected chi connectivity index (χ2v) is 7.13. The Balaban J connectivity index is 2.66. The number of nitrogen functional groups attached to an aromatic ring is 1. The van der Waals surface area contributed by atoms with Crippen molar-refractivity contribution in [2.45, 2.75) is 28.5 Å². The summed E-state index contributed by atoms with van der Waals surface area (Å²) in [4.78, 5) is 11.7. The molecule has 1 unspecified atom stereocenters. The molecule has 30 heavy (non-hydrogen) atoms. The quantitative estimate of drug-likeness (QED) is 0.526. The van der Waals surface area contributed by atoms with Gasteiger partial charge in [-0.05, 0) is 17.9 Å². The van der Waals surface area contributed by atoms with Crippen molar-refractivity contribution in [2.75, 3.05) is 12.8 Å². The van der Waals surface area contributed by atoms with Gasteiger partial charge in [-0.1, -0.05) is 24.3 Å². The standard InChI is InChI=1S/C17H13B7N4O2/c1-8(14(29)30-2)9-3-5-10(6-4-9)12-11(7-25)13(26)28(27-12)15(18,16(19,20)21)17(22,23)24/h3-6,8H,26H2,1-2H3. The summed E-state index contributed by atoms with van der Waals surface area (Å²) in [6, 6.07) is 8.58. The zero-order chi connectivity index (χ0) is 23.1. The zero-order valence-electron chi connectivity index (χ0n) is 16.7. The first-order valence-corrected chi connectivity index (χ1v) is 8.70. The predicted molar refractivity (Wildman–Crippen MR) is 121 cm³/mol. The van der Waals surface area contributed by atoms with Crippen LogP contribution in [0.2, 0.25) is 10.2 Å². The fraction of sp³-hybridized carbons (Fsp3) is 0.353. The SMILES string of the molecule is [B]C([B])([B])C([B])(n1nc(-c2ccc(C(C)C(=O)OC)cc2)c(C#N)c1N)C([B])([B])[B]. The van der Waals surface area contributed by atoms with Crippen LogP contribution >= 0.6 is 0 Å². The molecule has 0 aliphatic carbocycles. The van der Waals surface area contributed by atoms with Crippen molar-refractivity contribution >= 4 is 66.7 Å². The summed E-state index contributed by atoms with van der Waals surface area (Å²) in [6.45, 7) is 1.70. The predicted octanol–water partition coefficient (Wildman–Crippen LogP) is -0.740. The maximum atomic E-state index is 11.7. The number of aromatic nitrogens is 2. The molecule has 2 aromatic rings. The minimum Gasteiger partial charge on any atom is -0.469 e. The van der Waals surface area contributed by atoms with Crippen LogP contribution in [-0.4, -0.2) is 77.8 Å². The Morgan fingerprint density at radius 1 is 1.13 bits per heavy atom. The number of methoxy groups -OCH3 is 1. The zero-order valence-corrected chi connectivity index (χ0v) is 16.7. The molecule has 1 atom stereocenters. The third kappa shape index (κ3) is 3.85. The van der Waals surface area contributed by atoms with Gasteiger partial charge in [-0.2, -0.15) is 10.4 Å². The summed E-state index contributed by atoms with van der Waals surface area (Å²) >= 11 is 0. The van der Waals surface area contributed by atoms with Crippen LogP contribution in [0.3, 0.4) is 0 Å². The van der Waals surface area contributed by atoms with Crippen LogP contribution in [0.1, 0.15) is 24.0 Å². The normalized spacial score (nSPS) is 13.4. The van der Waals surface area contributed by atoms with Crippen LogP contribution in [0.15, 0.2) is 24.3 Å². The first-order valence-electron chi connectivity index (χ1n) is 8.70. The molecule has 0 aliphatic rings. The number of carbonyl (C=O) groups is 1. The Morgan fingerprint density at radius 3 is 2.03 bits per heavy atom. The van der Waals surface area contributed by atoms with Gasteiger partial charge >= 0.3 is 5.97 Å². The van der Waals surface area contributed by atoms with Gasteiger partial charge in [0.15, 0.2) is 0 Å². The van der Waals surface area contributed by atoms with Crippen molar-refractivity contribution in [3.8, 4) is 17.3 Å². The Morgan fingerprint density at radius 2 is 1.63 bits per heavy atom. The monoisotopic (exact) mass is 382 g/mol. The van der Waals surface area contributed by atoms with E-state index >= 15 is 0 Å². The number of hydrogen-bond acceptors (Lipinski definition) is 5. The largest absolute Gasteiger partial charge is 0.469 e. The Labute approximate surface area is 185 Å². The lowest BCUT2D eigenvalue weighted by Gasteiger charge is -2.55. The molecular weight excluding hydrogens is 368 g/mol. The number of nitrogens with zero attached hydrogens (tertiary/aromatic N) is 3. The highest BCUT2D eigenvalue weighted by atomic mass is 16.5. The smallest absolute Gasteiger partial charge is 0.312 e. The van der Waals surface area contributed by atoms with Crippen molar-refractivity contribution < 1.29 is 9.53 Å². The number of anilines is 1. The lowest BCUT2D eigenvalue weighted by molar-refractivity contribution is -0.141. The van der Waals surface area contributed by atoms with Gasteiger partial charge < -0.3 is 10.5 Å². The van der Waals surface area contributed by atoms with E-state index in [0.717, 1.165) is 4.68 Å². The molecular formula is C17H13B7N4O2. The van der Waals surface area contributed by atoms with Crippen LogP contribution in [-0.2, 0) is 15.0 Å². The second-order valence-electron chi connectivity index (χ2n) is 7.13. The minimum atomic E-state index is -2.28. The lowest BCUT2D eigenvalue weighted by atomic mass is 9.18. The molecule has 1 heterocycles. The number of nitrogens with two attached hydrogens (primary N) is 1. The van der Waals surface area contributed by atoms with Gasteiger partial charge in [0.25, 0.3) is 0 Å². The van der Waals surface area contributed by atoms with Crippen LogP contribution in [0.25, 0.3) is 11.3 Å². The third-order valence-electron chi connectivity index (χ3n) is 4.93. The van der Waals surface area contributed by atoms with E-state index in [-0.39, 0.29) is 17.1 Å². The molecule has 0 fully saturated rings. The molecule has 2 rings (SSSR count). The van der Waals surface area contributed by atoms with E-state index in [0.29, 0.717) is 11.1 Å². The first-order chi connectivity index (χ1) is 13.7. The maximum Gasteiger partial charge on any atom is 0.312 e. The number of ether oxygens (including phenoxy) is 1. The lowest BCUT2D eigenvalue weighted by Crippen LogP contribution is -2.57. The minimum absolute atomic E-state index is 0.0490. The molecule has 6 nitrogen and oxygen atoms in total. The van der Waals surface area contributed by atoms with Crippen LogP contribution in [0, 0.1) is 11.3 Å². The molecule has 13 heteroatoms. The first kappa shape index (κ1) is 23.9. The van der Waals surface area contributed by atoms with Gasteiger partial charge in [-0.3, -0.25) is 9.48 Å². The van der Waals surface area contributed by atoms with E-state index < -0.39 is 27.6 Å². The van der Waals surface area contributed by atoms with Crippen molar-refractivity contribution in [2.24, 2.45) is 0 Å². The van der Waals surface area contributed by atoms with Gasteiger partial charge in [-0.15, -0.1) is 10.2 Å². The fourth-order valence-electron chi connectivity index (χ4n) is 3.00. The average Bonchev–Trinajstić information content (AvgIpc) is 3.00. The van der Waals surface area contributed by atoms with E-state index in [1.54, 1.807) is 31.2 Å². The molecule has 0 bridgehead atoms. The Hall–Kier alpha value is -2.36. The van der Waals surface area contributed by atoms with Crippen molar-refractivity contribution in [3.05, 3.63) is 35.4 Å². The molecule has 0 aliphatic heterocycles. The van der Waals surface area contributed by atoms with Gasteiger partial charge in [0.1, 0.15) is 31.0 Å². The van der Waals surface area contributed by atoms with E-state index in [1.807, 2.05) is 6.07 Å². The number of nitriles is 1. The molecule has 0 spiro atoms. The fourth-order valence-corrected chi connectivity index (χ4v) is 3.00. The summed E-state index contributed by atoms with van der Waals surface area (Å²) in [7, 11) is 42.2. The van der Waals surface area contributed by atoms with Gasteiger partial charge in [-0.25, -0.2) is 0 Å². The summed E-state index contributed by atoms with van der Waals surface area (Å²) < 4.78 is 5.59. The average molecular weight is 381 g/mol. The van der Waals surface area contributed by atoms with E-state index in [2.05, 4.69) is 5.10 Å². The molecule has 0 saturated heterocycles. The molecule has 0 amide bonds. The number of esters is 1. The van der Waals surface area contributed by atoms with Gasteiger partial charge in [0.05, 0.1) is 60.1 Å². The molecule has 1 aromatic heterocycles. The number of carbonyl (C=O) groups excluding carboxylic acids is 1. The molecule has 0 saturated carbocycles. The molecule has 14 radical (unpaired) electrons. The highest BCUT2D eigenvalue weighted by Gasteiger charge is 2.47. The topological polar surface area (TPSA) is 93.9 Å². The highest BCUT2D eigenvalue weighted by Crippen LogP contribution is 2.48. The van der Waals surface area contributed by atoms with E-state index in [1.165, 1.54) is 7.11 Å². The van der Waals surface area contributed by atoms with Crippen molar-refractivity contribution in [3.63, 3.8) is 0 Å². The Bertz CT molecular complexity index is 974. The van der Waals surface area contributed by atoms with Crippen molar-refractivity contribution in [1.29, 1.82) is 5.26 Å². The summed E-state index contributed by atoms with van der Waals surface area (Å²) in [5, 5.41) is 9.34.